The van der Waals surface area contributed by atoms with Crippen molar-refractivity contribution in [2.75, 3.05) is 13.1 Å². The molecule has 20 heavy (non-hydrogen) atoms. The van der Waals surface area contributed by atoms with Crippen molar-refractivity contribution >= 4 is 12.1 Å². The van der Waals surface area contributed by atoms with E-state index >= 15 is 0 Å². The first kappa shape index (κ1) is 16.8. The predicted octanol–water partition coefficient (Wildman–Crippen LogP) is 1.86. The van der Waals surface area contributed by atoms with Crippen molar-refractivity contribution in [3.05, 3.63) is 0 Å². The molecule has 2 atom stereocenters. The first-order chi connectivity index (χ1) is 9.19. The standard InChI is InChI=1S/C14H25NO5/c1-14(2,3)20-13(19)15-8-6-10(4-5-12(17)18)11(16)7-9-15/h10-11,16H,4-9H2,1-3H3,(H,17,18)/t10-,11+/m0/s1. The molecular weight excluding hydrogens is 262 g/mol. The highest BCUT2D eigenvalue weighted by atomic mass is 16.6. The Labute approximate surface area is 119 Å². The van der Waals surface area contributed by atoms with Gasteiger partial charge in [-0.25, -0.2) is 4.79 Å². The highest BCUT2D eigenvalue weighted by Crippen LogP contribution is 2.23. The number of aliphatic carboxylic acids is 1. The molecule has 116 valence electrons. The van der Waals surface area contributed by atoms with E-state index in [0.29, 0.717) is 32.4 Å². The van der Waals surface area contributed by atoms with Crippen LogP contribution in [0, 0.1) is 5.92 Å². The summed E-state index contributed by atoms with van der Waals surface area (Å²) in [6, 6.07) is 0. The summed E-state index contributed by atoms with van der Waals surface area (Å²) in [5.41, 5.74) is -0.537. The summed E-state index contributed by atoms with van der Waals surface area (Å²) in [6.45, 7) is 6.38. The molecule has 1 heterocycles. The minimum absolute atomic E-state index is 0.0498. The molecule has 0 unspecified atom stereocenters. The van der Waals surface area contributed by atoms with Crippen LogP contribution in [0.4, 0.5) is 4.79 Å². The fourth-order valence-corrected chi connectivity index (χ4v) is 2.30. The highest BCUT2D eigenvalue weighted by Gasteiger charge is 2.29. The number of carboxylic acid groups (broad SMARTS) is 1. The van der Waals surface area contributed by atoms with Crippen LogP contribution in [0.15, 0.2) is 0 Å². The molecule has 1 fully saturated rings. The fraction of sp³-hybridized carbons (Fsp3) is 0.857. The van der Waals surface area contributed by atoms with E-state index in [1.54, 1.807) is 4.90 Å². The maximum absolute atomic E-state index is 12.0. The zero-order chi connectivity index (χ0) is 15.3. The van der Waals surface area contributed by atoms with Crippen LogP contribution in [-0.2, 0) is 9.53 Å². The van der Waals surface area contributed by atoms with E-state index in [4.69, 9.17) is 9.84 Å². The zero-order valence-corrected chi connectivity index (χ0v) is 12.5. The number of nitrogens with zero attached hydrogens (tertiary/aromatic N) is 1. The minimum atomic E-state index is -0.856. The van der Waals surface area contributed by atoms with Gasteiger partial charge in [-0.2, -0.15) is 0 Å². The van der Waals surface area contributed by atoms with Crippen LogP contribution < -0.4 is 0 Å². The largest absolute Gasteiger partial charge is 0.481 e. The van der Waals surface area contributed by atoms with Crippen molar-refractivity contribution in [2.45, 2.75) is 58.2 Å². The Balaban J connectivity index is 2.52. The highest BCUT2D eigenvalue weighted by molar-refractivity contribution is 5.68. The molecule has 0 radical (unpaired) electrons. The van der Waals surface area contributed by atoms with Gasteiger partial charge >= 0.3 is 12.1 Å². The van der Waals surface area contributed by atoms with Gasteiger partial charge in [0.2, 0.25) is 0 Å². The second-order valence-electron chi connectivity index (χ2n) is 6.30. The van der Waals surface area contributed by atoms with Gasteiger partial charge < -0.3 is 19.8 Å². The third-order valence-electron chi connectivity index (χ3n) is 3.39. The van der Waals surface area contributed by atoms with E-state index in [1.807, 2.05) is 20.8 Å². The third-order valence-corrected chi connectivity index (χ3v) is 3.39. The summed E-state index contributed by atoms with van der Waals surface area (Å²) in [7, 11) is 0. The van der Waals surface area contributed by atoms with Crippen molar-refractivity contribution in [1.82, 2.24) is 4.90 Å². The third kappa shape index (κ3) is 5.77. The molecule has 6 nitrogen and oxygen atoms in total. The Morgan fingerprint density at radius 1 is 1.25 bits per heavy atom. The molecule has 0 aromatic heterocycles. The van der Waals surface area contributed by atoms with Gasteiger partial charge in [-0.05, 0) is 46.0 Å². The molecule has 0 spiro atoms. The number of hydrogen-bond donors (Lipinski definition) is 2. The molecule has 1 amide bonds. The number of hydrogen-bond acceptors (Lipinski definition) is 4. The number of ether oxygens (including phenoxy) is 1. The van der Waals surface area contributed by atoms with Gasteiger partial charge in [-0.3, -0.25) is 4.79 Å². The normalized spacial score (nSPS) is 24.1. The summed E-state index contributed by atoms with van der Waals surface area (Å²) >= 11 is 0. The van der Waals surface area contributed by atoms with Crippen LogP contribution in [-0.4, -0.2) is 52.0 Å². The fourth-order valence-electron chi connectivity index (χ4n) is 2.30. The molecular formula is C14H25NO5. The second kappa shape index (κ2) is 6.92. The van der Waals surface area contributed by atoms with Gasteiger partial charge in [-0.15, -0.1) is 0 Å². The summed E-state index contributed by atoms with van der Waals surface area (Å²) in [5.74, 6) is -0.927. The van der Waals surface area contributed by atoms with Crippen LogP contribution in [0.1, 0.15) is 46.5 Å². The average Bonchev–Trinajstić information content (AvgIpc) is 2.46. The zero-order valence-electron chi connectivity index (χ0n) is 12.5. The molecule has 1 aliphatic rings. The Morgan fingerprint density at radius 3 is 2.40 bits per heavy atom. The number of carboxylic acids is 1. The van der Waals surface area contributed by atoms with Gasteiger partial charge in [0.05, 0.1) is 6.10 Å². The van der Waals surface area contributed by atoms with Crippen LogP contribution >= 0.6 is 0 Å². The van der Waals surface area contributed by atoms with Gasteiger partial charge in [0.25, 0.3) is 0 Å². The summed E-state index contributed by atoms with van der Waals surface area (Å²) < 4.78 is 5.31. The van der Waals surface area contributed by atoms with Gasteiger partial charge in [0.1, 0.15) is 5.60 Å². The Hall–Kier alpha value is -1.30. The van der Waals surface area contributed by atoms with E-state index in [1.165, 1.54) is 0 Å². The summed E-state index contributed by atoms with van der Waals surface area (Å²) in [6.07, 6.45) is 0.634. The molecule has 1 aliphatic heterocycles. The molecule has 1 rings (SSSR count). The number of carbonyl (C=O) groups is 2. The van der Waals surface area contributed by atoms with Gasteiger partial charge in [0, 0.05) is 19.5 Å². The van der Waals surface area contributed by atoms with E-state index in [0.717, 1.165) is 0 Å². The number of carbonyl (C=O) groups excluding carboxylic acids is 1. The molecule has 1 saturated heterocycles. The van der Waals surface area contributed by atoms with Crippen LogP contribution in [0.2, 0.25) is 0 Å². The lowest BCUT2D eigenvalue weighted by atomic mass is 9.92. The van der Waals surface area contributed by atoms with Crippen molar-refractivity contribution < 1.29 is 24.5 Å². The molecule has 0 aliphatic carbocycles. The maximum Gasteiger partial charge on any atom is 0.410 e. The minimum Gasteiger partial charge on any atom is -0.481 e. The van der Waals surface area contributed by atoms with E-state index in [9.17, 15) is 14.7 Å². The number of amides is 1. The number of aliphatic hydroxyl groups excluding tert-OH is 1. The van der Waals surface area contributed by atoms with Crippen molar-refractivity contribution in [1.29, 1.82) is 0 Å². The molecule has 0 aromatic rings. The van der Waals surface area contributed by atoms with Crippen molar-refractivity contribution in [3.63, 3.8) is 0 Å². The van der Waals surface area contributed by atoms with E-state index in [-0.39, 0.29) is 18.4 Å². The van der Waals surface area contributed by atoms with Crippen LogP contribution in [0.3, 0.4) is 0 Å². The molecule has 0 saturated carbocycles. The Bertz CT molecular complexity index is 350. The monoisotopic (exact) mass is 287 g/mol. The molecule has 0 aromatic carbocycles. The summed E-state index contributed by atoms with van der Waals surface area (Å²) in [5, 5.41) is 18.7. The lowest BCUT2D eigenvalue weighted by Crippen LogP contribution is -2.37. The molecule has 2 N–H and O–H groups in total. The van der Waals surface area contributed by atoms with Crippen molar-refractivity contribution in [3.8, 4) is 0 Å². The Morgan fingerprint density at radius 2 is 1.85 bits per heavy atom. The number of likely N-dealkylation sites (tertiary alicyclic amines) is 1. The first-order valence-electron chi connectivity index (χ1n) is 7.07. The second-order valence-corrected chi connectivity index (χ2v) is 6.30. The lowest BCUT2D eigenvalue weighted by molar-refractivity contribution is -0.137. The lowest BCUT2D eigenvalue weighted by Gasteiger charge is -2.26. The Kier molecular flexibility index (Phi) is 5.80. The number of aliphatic hydroxyl groups is 1. The average molecular weight is 287 g/mol. The summed E-state index contributed by atoms with van der Waals surface area (Å²) in [4.78, 5) is 24.2. The van der Waals surface area contributed by atoms with Crippen LogP contribution in [0.25, 0.3) is 0 Å². The van der Waals surface area contributed by atoms with Gasteiger partial charge in [-0.1, -0.05) is 0 Å². The van der Waals surface area contributed by atoms with Crippen LogP contribution in [0.5, 0.6) is 0 Å². The van der Waals surface area contributed by atoms with Crippen molar-refractivity contribution in [2.24, 2.45) is 5.92 Å². The maximum atomic E-state index is 12.0. The molecule has 6 heteroatoms. The van der Waals surface area contributed by atoms with Gasteiger partial charge in [0.15, 0.2) is 0 Å². The topological polar surface area (TPSA) is 87.1 Å². The quantitative estimate of drug-likeness (QED) is 0.827. The van der Waals surface area contributed by atoms with E-state index in [2.05, 4.69) is 0 Å². The smallest absolute Gasteiger partial charge is 0.410 e. The first-order valence-corrected chi connectivity index (χ1v) is 7.07. The molecule has 0 bridgehead atoms. The van der Waals surface area contributed by atoms with E-state index < -0.39 is 17.7 Å². The number of rotatable bonds is 3. The predicted molar refractivity (Wildman–Crippen MR) is 73.4 cm³/mol. The SMILES string of the molecule is CC(C)(C)OC(=O)N1CC[C@H](CCC(=O)O)[C@H](O)CC1.